The van der Waals surface area contributed by atoms with Crippen LogP contribution < -0.4 is 0 Å². The molecule has 2 fully saturated rings. The Balaban J connectivity index is 1.40. The van der Waals surface area contributed by atoms with Crippen LogP contribution in [0.2, 0.25) is 0 Å². The first-order chi connectivity index (χ1) is 13.9. The molecule has 0 aromatic carbocycles. The van der Waals surface area contributed by atoms with E-state index in [-0.39, 0.29) is 11.8 Å². The highest BCUT2D eigenvalue weighted by atomic mass is 16.2. The topological polar surface area (TPSA) is 61.7 Å². The molecule has 3 rings (SSSR count). The second-order valence-electron chi connectivity index (χ2n) is 8.87. The summed E-state index contributed by atoms with van der Waals surface area (Å²) in [6, 6.07) is 2.36. The summed E-state index contributed by atoms with van der Waals surface area (Å²) in [5.74, 6) is 0.934. The van der Waals surface area contributed by atoms with Crippen LogP contribution in [-0.4, -0.2) is 82.6 Å². The Bertz CT molecular complexity index is 680. The molecule has 0 unspecified atom stereocenters. The standard InChI is InChI=1S/C22H37N5O2/c1-24-15-11-19(12-16-24)25(2)21(28)8-6-18-5-4-14-27(17-18)22(29)9-7-20-10-13-23-26(20)3/h10,13,18-19H,4-9,11-12,14-17H2,1-3H3/t18-/m1/s1. The summed E-state index contributed by atoms with van der Waals surface area (Å²) < 4.78 is 1.83. The third kappa shape index (κ3) is 6.04. The third-order valence-electron chi connectivity index (χ3n) is 6.78. The fourth-order valence-electron chi connectivity index (χ4n) is 4.66. The zero-order valence-electron chi connectivity index (χ0n) is 18.3. The number of nitrogens with zero attached hydrogens (tertiary/aromatic N) is 5. The predicted molar refractivity (Wildman–Crippen MR) is 113 cm³/mol. The van der Waals surface area contributed by atoms with E-state index in [2.05, 4.69) is 17.0 Å². The van der Waals surface area contributed by atoms with Crippen LogP contribution in [0.1, 0.15) is 50.6 Å². The quantitative estimate of drug-likeness (QED) is 0.698. The molecule has 2 aliphatic rings. The van der Waals surface area contributed by atoms with E-state index in [1.54, 1.807) is 6.20 Å². The maximum atomic E-state index is 12.7. The number of piperidine rings is 2. The molecule has 0 saturated carbocycles. The van der Waals surface area contributed by atoms with E-state index in [0.29, 0.717) is 24.8 Å². The van der Waals surface area contributed by atoms with Crippen molar-refractivity contribution < 1.29 is 9.59 Å². The van der Waals surface area contributed by atoms with E-state index in [1.807, 2.05) is 34.6 Å². The highest BCUT2D eigenvalue weighted by Crippen LogP contribution is 2.23. The second kappa shape index (κ2) is 10.2. The van der Waals surface area contributed by atoms with Crippen molar-refractivity contribution in [3.63, 3.8) is 0 Å². The van der Waals surface area contributed by atoms with Gasteiger partial charge in [-0.3, -0.25) is 14.3 Å². The Morgan fingerprint density at radius 3 is 2.59 bits per heavy atom. The summed E-state index contributed by atoms with van der Waals surface area (Å²) in [7, 11) is 6.02. The first kappa shape index (κ1) is 21.8. The molecular formula is C22H37N5O2. The number of carbonyl (C=O) groups excluding carboxylic acids is 2. The predicted octanol–water partition coefficient (Wildman–Crippen LogP) is 1.92. The molecular weight excluding hydrogens is 366 g/mol. The van der Waals surface area contributed by atoms with Crippen LogP contribution in [-0.2, 0) is 23.1 Å². The van der Waals surface area contributed by atoms with Crippen molar-refractivity contribution in [1.29, 1.82) is 0 Å². The summed E-state index contributed by atoms with van der Waals surface area (Å²) in [6.07, 6.45) is 8.84. The normalized spacial score (nSPS) is 21.3. The number of aromatic nitrogens is 2. The molecule has 0 bridgehead atoms. The fraction of sp³-hybridized carbons (Fsp3) is 0.773. The van der Waals surface area contributed by atoms with Crippen molar-refractivity contribution in [3.8, 4) is 0 Å². The average Bonchev–Trinajstić information content (AvgIpc) is 3.15. The van der Waals surface area contributed by atoms with Crippen LogP contribution in [0.25, 0.3) is 0 Å². The van der Waals surface area contributed by atoms with Gasteiger partial charge in [0.25, 0.3) is 0 Å². The van der Waals surface area contributed by atoms with Gasteiger partial charge in [0.2, 0.25) is 11.8 Å². The summed E-state index contributed by atoms with van der Waals surface area (Å²) in [6.45, 7) is 3.79. The van der Waals surface area contributed by atoms with E-state index in [4.69, 9.17) is 0 Å². The first-order valence-electron chi connectivity index (χ1n) is 11.1. The molecule has 1 aromatic rings. The smallest absolute Gasteiger partial charge is 0.222 e. The van der Waals surface area contributed by atoms with E-state index in [0.717, 1.165) is 70.4 Å². The Morgan fingerprint density at radius 2 is 1.90 bits per heavy atom. The molecule has 0 aliphatic carbocycles. The minimum Gasteiger partial charge on any atom is -0.343 e. The minimum atomic E-state index is 0.227. The second-order valence-corrected chi connectivity index (χ2v) is 8.87. The van der Waals surface area contributed by atoms with Crippen LogP contribution >= 0.6 is 0 Å². The molecule has 0 radical (unpaired) electrons. The van der Waals surface area contributed by atoms with Gasteiger partial charge in [-0.25, -0.2) is 0 Å². The Kier molecular flexibility index (Phi) is 7.70. The number of hydrogen-bond donors (Lipinski definition) is 0. The molecule has 1 aromatic heterocycles. The van der Waals surface area contributed by atoms with Crippen LogP contribution in [0, 0.1) is 5.92 Å². The van der Waals surface area contributed by atoms with Gasteiger partial charge in [0.05, 0.1) is 0 Å². The van der Waals surface area contributed by atoms with Gasteiger partial charge in [-0.2, -0.15) is 5.10 Å². The molecule has 29 heavy (non-hydrogen) atoms. The zero-order valence-corrected chi connectivity index (χ0v) is 18.3. The van der Waals surface area contributed by atoms with E-state index in [1.165, 1.54) is 0 Å². The number of aryl methyl sites for hydroxylation is 2. The lowest BCUT2D eigenvalue weighted by molar-refractivity contribution is -0.133. The van der Waals surface area contributed by atoms with Crippen molar-refractivity contribution in [2.24, 2.45) is 13.0 Å². The molecule has 3 heterocycles. The number of amides is 2. The Labute approximate surface area is 175 Å². The Hall–Kier alpha value is -1.89. The Morgan fingerprint density at radius 1 is 1.14 bits per heavy atom. The van der Waals surface area contributed by atoms with Gasteiger partial charge in [-0.1, -0.05) is 0 Å². The number of hydrogen-bond acceptors (Lipinski definition) is 4. The van der Waals surface area contributed by atoms with Crippen LogP contribution in [0.4, 0.5) is 0 Å². The van der Waals surface area contributed by atoms with Gasteiger partial charge in [-0.05, 0) is 70.6 Å². The highest BCUT2D eigenvalue weighted by molar-refractivity contribution is 5.77. The van der Waals surface area contributed by atoms with E-state index >= 15 is 0 Å². The fourth-order valence-corrected chi connectivity index (χ4v) is 4.66. The van der Waals surface area contributed by atoms with Crippen molar-refractivity contribution in [2.45, 2.75) is 57.4 Å². The largest absolute Gasteiger partial charge is 0.343 e. The van der Waals surface area contributed by atoms with Gasteiger partial charge in [0.1, 0.15) is 0 Å². The molecule has 7 heteroatoms. The summed E-state index contributed by atoms with van der Waals surface area (Å²) in [5, 5.41) is 4.17. The molecule has 1 atom stereocenters. The SMILES string of the molecule is CN1CCC(N(C)C(=O)CC[C@H]2CCCN(C(=O)CCc3ccnn3C)C2)CC1. The minimum absolute atomic E-state index is 0.227. The molecule has 0 spiro atoms. The van der Waals surface area contributed by atoms with Crippen molar-refractivity contribution >= 4 is 11.8 Å². The number of rotatable bonds is 7. The molecule has 0 N–H and O–H groups in total. The molecule has 2 amide bonds. The van der Waals surface area contributed by atoms with E-state index in [9.17, 15) is 9.59 Å². The summed E-state index contributed by atoms with van der Waals surface area (Å²) in [4.78, 5) is 31.6. The van der Waals surface area contributed by atoms with Gasteiger partial charge in [0, 0.05) is 58.0 Å². The maximum Gasteiger partial charge on any atom is 0.222 e. The van der Waals surface area contributed by atoms with Crippen molar-refractivity contribution in [1.82, 2.24) is 24.5 Å². The number of likely N-dealkylation sites (tertiary alicyclic amines) is 2. The lowest BCUT2D eigenvalue weighted by atomic mass is 9.92. The van der Waals surface area contributed by atoms with Crippen LogP contribution in [0.3, 0.4) is 0 Å². The third-order valence-corrected chi connectivity index (χ3v) is 6.78. The molecule has 2 saturated heterocycles. The van der Waals surface area contributed by atoms with Crippen LogP contribution in [0.15, 0.2) is 12.3 Å². The first-order valence-corrected chi connectivity index (χ1v) is 11.1. The zero-order chi connectivity index (χ0) is 20.8. The van der Waals surface area contributed by atoms with Gasteiger partial charge < -0.3 is 14.7 Å². The lowest BCUT2D eigenvalue weighted by Gasteiger charge is -2.36. The monoisotopic (exact) mass is 403 g/mol. The van der Waals surface area contributed by atoms with Crippen molar-refractivity contribution in [3.05, 3.63) is 18.0 Å². The molecule has 2 aliphatic heterocycles. The van der Waals surface area contributed by atoms with Crippen molar-refractivity contribution in [2.75, 3.05) is 40.3 Å². The van der Waals surface area contributed by atoms with Gasteiger partial charge in [-0.15, -0.1) is 0 Å². The maximum absolute atomic E-state index is 12.7. The molecule has 7 nitrogen and oxygen atoms in total. The number of carbonyl (C=O) groups is 2. The highest BCUT2D eigenvalue weighted by Gasteiger charge is 2.27. The lowest BCUT2D eigenvalue weighted by Crippen LogP contribution is -2.45. The average molecular weight is 404 g/mol. The van der Waals surface area contributed by atoms with Crippen LogP contribution in [0.5, 0.6) is 0 Å². The van der Waals surface area contributed by atoms with Gasteiger partial charge >= 0.3 is 0 Å². The van der Waals surface area contributed by atoms with Gasteiger partial charge in [0.15, 0.2) is 0 Å². The summed E-state index contributed by atoms with van der Waals surface area (Å²) in [5.41, 5.74) is 1.09. The summed E-state index contributed by atoms with van der Waals surface area (Å²) >= 11 is 0. The van der Waals surface area contributed by atoms with E-state index < -0.39 is 0 Å². The molecule has 162 valence electrons.